The topological polar surface area (TPSA) is 87.6 Å². The minimum atomic E-state index is 0.240. The third-order valence-electron chi connectivity index (χ3n) is 3.01. The van der Waals surface area contributed by atoms with Gasteiger partial charge in [-0.2, -0.15) is 5.26 Å². The molecule has 1 heterocycles. The lowest BCUT2D eigenvalue weighted by Crippen LogP contribution is -2.09. The number of nitrogens with one attached hydrogen (secondary N) is 1. The summed E-state index contributed by atoms with van der Waals surface area (Å²) in [6, 6.07) is 9.60. The first kappa shape index (κ1) is 13.8. The molecule has 0 saturated carbocycles. The number of nitrogens with two attached hydrogens (primary N) is 1. The van der Waals surface area contributed by atoms with E-state index >= 15 is 0 Å². The summed E-state index contributed by atoms with van der Waals surface area (Å²) >= 11 is 0. The fraction of sp³-hybridized carbons (Fsp3) is 0.267. The molecule has 0 atom stereocenters. The van der Waals surface area contributed by atoms with Crippen molar-refractivity contribution in [3.63, 3.8) is 0 Å². The molecule has 3 N–H and O–H groups in total. The molecule has 102 valence electrons. The lowest BCUT2D eigenvalue weighted by Gasteiger charge is -2.14. The van der Waals surface area contributed by atoms with Crippen molar-refractivity contribution in [1.82, 2.24) is 9.97 Å². The molecule has 20 heavy (non-hydrogen) atoms. The van der Waals surface area contributed by atoms with Crippen molar-refractivity contribution in [3.05, 3.63) is 47.3 Å². The zero-order chi connectivity index (χ0) is 14.5. The number of benzene rings is 1. The maximum atomic E-state index is 8.89. The average Bonchev–Trinajstić information content (AvgIpc) is 2.45. The summed E-state index contributed by atoms with van der Waals surface area (Å²) in [6.07, 6.45) is 1.45. The maximum absolute atomic E-state index is 8.89. The molecule has 0 saturated heterocycles. The Labute approximate surface area is 118 Å². The summed E-state index contributed by atoms with van der Waals surface area (Å²) in [5.41, 5.74) is 8.50. The van der Waals surface area contributed by atoms with Crippen LogP contribution in [0.5, 0.6) is 0 Å². The van der Waals surface area contributed by atoms with Crippen LogP contribution in [0.2, 0.25) is 0 Å². The standard InChI is InChI=1S/C15H17N5/c1-10(2)13-14(17)19-9-20-15(13)18-8-12-5-3-4-11(6-12)7-16/h3-6,9-10H,8H2,1-2H3,(H3,17,18,19,20). The SMILES string of the molecule is CC(C)c1c(N)ncnc1NCc1cccc(C#N)c1. The van der Waals surface area contributed by atoms with Gasteiger partial charge in [-0.05, 0) is 23.6 Å². The zero-order valence-corrected chi connectivity index (χ0v) is 11.6. The molecule has 0 bridgehead atoms. The molecular formula is C15H17N5. The van der Waals surface area contributed by atoms with Crippen molar-refractivity contribution in [2.75, 3.05) is 11.1 Å². The predicted octanol–water partition coefficient (Wildman–Crippen LogP) is 2.67. The molecule has 1 aromatic heterocycles. The fourth-order valence-electron chi connectivity index (χ4n) is 2.06. The van der Waals surface area contributed by atoms with E-state index in [2.05, 4.69) is 35.2 Å². The zero-order valence-electron chi connectivity index (χ0n) is 11.6. The van der Waals surface area contributed by atoms with Crippen molar-refractivity contribution >= 4 is 11.6 Å². The monoisotopic (exact) mass is 267 g/mol. The Balaban J connectivity index is 2.19. The molecule has 0 aliphatic rings. The summed E-state index contributed by atoms with van der Waals surface area (Å²) in [5.74, 6) is 1.49. The van der Waals surface area contributed by atoms with E-state index in [1.54, 1.807) is 6.07 Å². The lowest BCUT2D eigenvalue weighted by molar-refractivity contribution is 0.849. The quantitative estimate of drug-likeness (QED) is 0.889. The number of nitrogen functional groups attached to an aromatic ring is 1. The minimum absolute atomic E-state index is 0.240. The summed E-state index contributed by atoms with van der Waals surface area (Å²) in [6.45, 7) is 4.69. The highest BCUT2D eigenvalue weighted by Gasteiger charge is 2.12. The molecule has 5 nitrogen and oxygen atoms in total. The van der Waals surface area contributed by atoms with Gasteiger partial charge in [0.25, 0.3) is 0 Å². The maximum Gasteiger partial charge on any atom is 0.135 e. The first-order chi connectivity index (χ1) is 9.61. The van der Waals surface area contributed by atoms with Gasteiger partial charge in [-0.25, -0.2) is 9.97 Å². The van der Waals surface area contributed by atoms with E-state index in [1.165, 1.54) is 6.33 Å². The van der Waals surface area contributed by atoms with Crippen LogP contribution in [0.1, 0.15) is 36.5 Å². The Morgan fingerprint density at radius 2 is 2.15 bits per heavy atom. The van der Waals surface area contributed by atoms with E-state index in [-0.39, 0.29) is 5.92 Å². The highest BCUT2D eigenvalue weighted by Crippen LogP contribution is 2.26. The minimum Gasteiger partial charge on any atom is -0.383 e. The highest BCUT2D eigenvalue weighted by molar-refractivity contribution is 5.56. The number of hydrogen-bond acceptors (Lipinski definition) is 5. The Morgan fingerprint density at radius 1 is 1.35 bits per heavy atom. The van der Waals surface area contributed by atoms with Crippen LogP contribution in [0.25, 0.3) is 0 Å². The van der Waals surface area contributed by atoms with Crippen molar-refractivity contribution in [3.8, 4) is 6.07 Å². The van der Waals surface area contributed by atoms with Crippen LogP contribution >= 0.6 is 0 Å². The molecule has 2 aromatic rings. The Kier molecular flexibility index (Phi) is 4.16. The van der Waals surface area contributed by atoms with Gasteiger partial charge in [-0.15, -0.1) is 0 Å². The smallest absolute Gasteiger partial charge is 0.135 e. The second kappa shape index (κ2) is 6.02. The van der Waals surface area contributed by atoms with Crippen LogP contribution in [0, 0.1) is 11.3 Å². The molecule has 0 radical (unpaired) electrons. The number of hydrogen-bond donors (Lipinski definition) is 2. The first-order valence-corrected chi connectivity index (χ1v) is 6.45. The van der Waals surface area contributed by atoms with E-state index in [9.17, 15) is 0 Å². The van der Waals surface area contributed by atoms with Crippen LogP contribution in [0.3, 0.4) is 0 Å². The van der Waals surface area contributed by atoms with E-state index < -0.39 is 0 Å². The molecule has 0 amide bonds. The van der Waals surface area contributed by atoms with Gasteiger partial charge in [0.05, 0.1) is 11.6 Å². The summed E-state index contributed by atoms with van der Waals surface area (Å²) in [7, 11) is 0. The number of nitriles is 1. The van der Waals surface area contributed by atoms with Gasteiger partial charge in [0, 0.05) is 12.1 Å². The normalized spacial score (nSPS) is 10.3. The summed E-state index contributed by atoms with van der Waals surface area (Å²) in [4.78, 5) is 8.28. The second-order valence-corrected chi connectivity index (χ2v) is 4.84. The molecule has 5 heteroatoms. The van der Waals surface area contributed by atoms with Crippen molar-refractivity contribution in [2.24, 2.45) is 0 Å². The lowest BCUT2D eigenvalue weighted by atomic mass is 10.0. The van der Waals surface area contributed by atoms with Gasteiger partial charge >= 0.3 is 0 Å². The second-order valence-electron chi connectivity index (χ2n) is 4.84. The molecule has 0 unspecified atom stereocenters. The van der Waals surface area contributed by atoms with Gasteiger partial charge in [-0.3, -0.25) is 0 Å². The summed E-state index contributed by atoms with van der Waals surface area (Å²) in [5, 5.41) is 12.2. The van der Waals surface area contributed by atoms with Gasteiger partial charge in [0.2, 0.25) is 0 Å². The fourth-order valence-corrected chi connectivity index (χ4v) is 2.06. The summed E-state index contributed by atoms with van der Waals surface area (Å²) < 4.78 is 0. The first-order valence-electron chi connectivity index (χ1n) is 6.45. The van der Waals surface area contributed by atoms with Gasteiger partial charge < -0.3 is 11.1 Å². The Bertz CT molecular complexity index is 643. The molecule has 1 aromatic carbocycles. The third-order valence-corrected chi connectivity index (χ3v) is 3.01. The molecule has 0 aliphatic carbocycles. The van der Waals surface area contributed by atoms with Crippen molar-refractivity contribution < 1.29 is 0 Å². The molecule has 0 fully saturated rings. The molecular weight excluding hydrogens is 250 g/mol. The highest BCUT2D eigenvalue weighted by atomic mass is 15.0. The van der Waals surface area contributed by atoms with Gasteiger partial charge in [0.1, 0.15) is 18.0 Å². The van der Waals surface area contributed by atoms with E-state index in [0.29, 0.717) is 17.9 Å². The van der Waals surface area contributed by atoms with Gasteiger partial charge in [0.15, 0.2) is 0 Å². The van der Waals surface area contributed by atoms with Crippen molar-refractivity contribution in [1.29, 1.82) is 5.26 Å². The molecule has 0 aliphatic heterocycles. The largest absolute Gasteiger partial charge is 0.383 e. The van der Waals surface area contributed by atoms with E-state index in [0.717, 1.165) is 16.9 Å². The number of anilines is 2. The third kappa shape index (κ3) is 3.04. The van der Waals surface area contributed by atoms with Crippen molar-refractivity contribution in [2.45, 2.75) is 26.3 Å². The Hall–Kier alpha value is -2.61. The number of rotatable bonds is 4. The number of nitrogens with zero attached hydrogens (tertiary/aromatic N) is 3. The Morgan fingerprint density at radius 3 is 2.85 bits per heavy atom. The van der Waals surface area contributed by atoms with Crippen LogP contribution in [0.4, 0.5) is 11.6 Å². The predicted molar refractivity (Wildman–Crippen MR) is 79.0 cm³/mol. The van der Waals surface area contributed by atoms with Gasteiger partial charge in [-0.1, -0.05) is 26.0 Å². The van der Waals surface area contributed by atoms with Crippen LogP contribution < -0.4 is 11.1 Å². The average molecular weight is 267 g/mol. The van der Waals surface area contributed by atoms with Crippen LogP contribution in [0.15, 0.2) is 30.6 Å². The molecule has 2 rings (SSSR count). The van der Waals surface area contributed by atoms with Crippen LogP contribution in [-0.4, -0.2) is 9.97 Å². The van der Waals surface area contributed by atoms with Crippen LogP contribution in [-0.2, 0) is 6.54 Å². The van der Waals surface area contributed by atoms with E-state index in [4.69, 9.17) is 11.0 Å². The molecule has 0 spiro atoms. The number of aromatic nitrogens is 2. The van der Waals surface area contributed by atoms with E-state index in [1.807, 2.05) is 18.2 Å².